The maximum absolute atomic E-state index is 6.20. The maximum Gasteiger partial charge on any atom is 0.179 e. The van der Waals surface area contributed by atoms with Crippen LogP contribution in [-0.4, -0.2) is 20.3 Å². The molecule has 0 aromatic heterocycles. The van der Waals surface area contributed by atoms with Crippen LogP contribution in [0.4, 0.5) is 0 Å². The van der Waals surface area contributed by atoms with E-state index < -0.39 is 0 Å². The average Bonchev–Trinajstić information content (AvgIpc) is 2.81. The van der Waals surface area contributed by atoms with Crippen LogP contribution < -0.4 is 14.8 Å². The van der Waals surface area contributed by atoms with Gasteiger partial charge in [0.1, 0.15) is 0 Å². The van der Waals surface area contributed by atoms with Crippen molar-refractivity contribution in [2.45, 2.75) is 38.8 Å². The molecule has 4 heteroatoms. The molecule has 0 radical (unpaired) electrons. The van der Waals surface area contributed by atoms with Crippen LogP contribution in [0.15, 0.2) is 12.1 Å². The molecule has 0 spiro atoms. The number of hydrogen-bond donors (Lipinski definition) is 1. The van der Waals surface area contributed by atoms with E-state index >= 15 is 0 Å². The molecule has 106 valence electrons. The standard InChI is InChI=1S/C15H22ClNO2/c1-10-4-5-12(6-10)17-9-11-7-13(16)15(19-3)14(8-11)18-2/h7-8,10,12,17H,4-6,9H2,1-3H3. The second kappa shape index (κ2) is 6.49. The van der Waals surface area contributed by atoms with Crippen LogP contribution >= 0.6 is 11.6 Å². The summed E-state index contributed by atoms with van der Waals surface area (Å²) in [7, 11) is 3.23. The Morgan fingerprint density at radius 2 is 2.05 bits per heavy atom. The predicted molar refractivity (Wildman–Crippen MR) is 78.2 cm³/mol. The molecule has 0 saturated heterocycles. The number of benzene rings is 1. The van der Waals surface area contributed by atoms with Gasteiger partial charge in [-0.25, -0.2) is 0 Å². The van der Waals surface area contributed by atoms with Crippen molar-refractivity contribution >= 4 is 11.6 Å². The molecule has 1 saturated carbocycles. The molecule has 0 aliphatic heterocycles. The molecule has 0 bridgehead atoms. The molecule has 0 heterocycles. The van der Waals surface area contributed by atoms with Crippen molar-refractivity contribution in [1.29, 1.82) is 0 Å². The van der Waals surface area contributed by atoms with Crippen LogP contribution in [0.1, 0.15) is 31.7 Å². The SMILES string of the molecule is COc1cc(CNC2CCC(C)C2)cc(Cl)c1OC. The van der Waals surface area contributed by atoms with Crippen molar-refractivity contribution in [3.05, 3.63) is 22.7 Å². The van der Waals surface area contributed by atoms with Gasteiger partial charge in [-0.2, -0.15) is 0 Å². The molecule has 1 aromatic carbocycles. The number of ether oxygens (including phenoxy) is 2. The van der Waals surface area contributed by atoms with Gasteiger partial charge < -0.3 is 14.8 Å². The number of rotatable bonds is 5. The van der Waals surface area contributed by atoms with Gasteiger partial charge in [0.15, 0.2) is 11.5 Å². The third-order valence-corrected chi connectivity index (χ3v) is 4.06. The number of nitrogens with one attached hydrogen (secondary N) is 1. The lowest BCUT2D eigenvalue weighted by molar-refractivity contribution is 0.354. The second-order valence-electron chi connectivity index (χ2n) is 5.31. The topological polar surface area (TPSA) is 30.5 Å². The summed E-state index contributed by atoms with van der Waals surface area (Å²) in [4.78, 5) is 0. The first-order chi connectivity index (χ1) is 9.13. The van der Waals surface area contributed by atoms with Gasteiger partial charge >= 0.3 is 0 Å². The highest BCUT2D eigenvalue weighted by Crippen LogP contribution is 2.36. The zero-order chi connectivity index (χ0) is 13.8. The summed E-state index contributed by atoms with van der Waals surface area (Å²) in [5.41, 5.74) is 1.13. The van der Waals surface area contributed by atoms with E-state index in [4.69, 9.17) is 21.1 Å². The molecule has 1 aliphatic carbocycles. The van der Waals surface area contributed by atoms with Gasteiger partial charge in [-0.1, -0.05) is 18.5 Å². The van der Waals surface area contributed by atoms with Crippen molar-refractivity contribution in [2.24, 2.45) is 5.92 Å². The Bertz CT molecular complexity index is 436. The van der Waals surface area contributed by atoms with Crippen LogP contribution in [-0.2, 0) is 6.54 Å². The van der Waals surface area contributed by atoms with Crippen LogP contribution in [0.2, 0.25) is 5.02 Å². The van der Waals surface area contributed by atoms with Gasteiger partial charge in [0.05, 0.1) is 19.2 Å². The van der Waals surface area contributed by atoms with Gasteiger partial charge in [0.2, 0.25) is 0 Å². The highest BCUT2D eigenvalue weighted by atomic mass is 35.5. The van der Waals surface area contributed by atoms with Crippen LogP contribution in [0.5, 0.6) is 11.5 Å². The van der Waals surface area contributed by atoms with E-state index in [1.54, 1.807) is 14.2 Å². The lowest BCUT2D eigenvalue weighted by atomic mass is 10.1. The molecule has 0 amide bonds. The third-order valence-electron chi connectivity index (χ3n) is 3.78. The first-order valence-electron chi connectivity index (χ1n) is 6.77. The molecular weight excluding hydrogens is 262 g/mol. The zero-order valence-corrected chi connectivity index (χ0v) is 12.6. The highest BCUT2D eigenvalue weighted by molar-refractivity contribution is 6.32. The largest absolute Gasteiger partial charge is 0.493 e. The third kappa shape index (κ3) is 3.54. The molecule has 1 fully saturated rings. The Morgan fingerprint density at radius 3 is 2.63 bits per heavy atom. The van der Waals surface area contributed by atoms with Crippen LogP contribution in [0.25, 0.3) is 0 Å². The van der Waals surface area contributed by atoms with E-state index in [2.05, 4.69) is 12.2 Å². The quantitative estimate of drug-likeness (QED) is 0.895. The minimum absolute atomic E-state index is 0.596. The molecular formula is C15H22ClNO2. The summed E-state index contributed by atoms with van der Waals surface area (Å²) < 4.78 is 10.5. The van der Waals surface area contributed by atoms with Crippen LogP contribution in [0, 0.1) is 5.92 Å². The lowest BCUT2D eigenvalue weighted by Gasteiger charge is -2.15. The summed E-state index contributed by atoms with van der Waals surface area (Å²) in [5.74, 6) is 2.13. The molecule has 19 heavy (non-hydrogen) atoms. The number of halogens is 1. The van der Waals surface area contributed by atoms with Gasteiger partial charge in [0.25, 0.3) is 0 Å². The second-order valence-corrected chi connectivity index (χ2v) is 5.72. The van der Waals surface area contributed by atoms with E-state index in [0.717, 1.165) is 18.0 Å². The lowest BCUT2D eigenvalue weighted by Crippen LogP contribution is -2.25. The summed E-state index contributed by atoms with van der Waals surface area (Å²) >= 11 is 6.20. The fourth-order valence-electron chi connectivity index (χ4n) is 2.73. The van der Waals surface area contributed by atoms with E-state index in [9.17, 15) is 0 Å². The highest BCUT2D eigenvalue weighted by Gasteiger charge is 2.20. The minimum atomic E-state index is 0.596. The van der Waals surface area contributed by atoms with E-state index in [0.29, 0.717) is 22.6 Å². The van der Waals surface area contributed by atoms with Gasteiger partial charge in [0, 0.05) is 12.6 Å². The Hall–Kier alpha value is -0.930. The van der Waals surface area contributed by atoms with Crippen molar-refractivity contribution in [2.75, 3.05) is 14.2 Å². The summed E-state index contributed by atoms with van der Waals surface area (Å²) in [5, 5.41) is 4.19. The molecule has 1 aromatic rings. The molecule has 2 atom stereocenters. The Kier molecular flexibility index (Phi) is 4.94. The van der Waals surface area contributed by atoms with Crippen LogP contribution in [0.3, 0.4) is 0 Å². The van der Waals surface area contributed by atoms with E-state index in [1.165, 1.54) is 19.3 Å². The Labute approximate surface area is 120 Å². The summed E-state index contributed by atoms with van der Waals surface area (Å²) in [6.07, 6.45) is 3.85. The average molecular weight is 284 g/mol. The Morgan fingerprint density at radius 1 is 1.26 bits per heavy atom. The maximum atomic E-state index is 6.20. The van der Waals surface area contributed by atoms with Crippen molar-refractivity contribution < 1.29 is 9.47 Å². The van der Waals surface area contributed by atoms with Gasteiger partial charge in [-0.15, -0.1) is 0 Å². The predicted octanol–water partition coefficient (Wildman–Crippen LogP) is 3.64. The first kappa shape index (κ1) is 14.5. The summed E-state index contributed by atoms with van der Waals surface area (Å²) in [6, 6.07) is 4.55. The van der Waals surface area contributed by atoms with E-state index in [-0.39, 0.29) is 0 Å². The van der Waals surface area contributed by atoms with Crippen molar-refractivity contribution in [3.63, 3.8) is 0 Å². The Balaban J connectivity index is 2.02. The smallest absolute Gasteiger partial charge is 0.179 e. The summed E-state index contributed by atoms with van der Waals surface area (Å²) in [6.45, 7) is 3.13. The fraction of sp³-hybridized carbons (Fsp3) is 0.600. The number of methoxy groups -OCH3 is 2. The molecule has 1 N–H and O–H groups in total. The fourth-order valence-corrected chi connectivity index (χ4v) is 3.04. The number of hydrogen-bond acceptors (Lipinski definition) is 3. The van der Waals surface area contributed by atoms with Crippen molar-refractivity contribution in [3.8, 4) is 11.5 Å². The molecule has 2 unspecified atom stereocenters. The van der Waals surface area contributed by atoms with Gasteiger partial charge in [-0.05, 0) is 42.9 Å². The molecule has 2 rings (SSSR count). The minimum Gasteiger partial charge on any atom is -0.493 e. The van der Waals surface area contributed by atoms with E-state index in [1.807, 2.05) is 12.1 Å². The normalized spacial score (nSPS) is 22.5. The molecule has 1 aliphatic rings. The first-order valence-corrected chi connectivity index (χ1v) is 7.15. The van der Waals surface area contributed by atoms with Crippen molar-refractivity contribution in [1.82, 2.24) is 5.32 Å². The monoisotopic (exact) mass is 283 g/mol. The molecule has 3 nitrogen and oxygen atoms in total. The van der Waals surface area contributed by atoms with Gasteiger partial charge in [-0.3, -0.25) is 0 Å². The zero-order valence-electron chi connectivity index (χ0n) is 11.8.